The lowest BCUT2D eigenvalue weighted by atomic mass is 10.2. The number of hydrogen-bond acceptors (Lipinski definition) is 4. The fourth-order valence-corrected chi connectivity index (χ4v) is 1.19. The normalized spacial score (nSPS) is 24.6. The largest absolute Gasteiger partial charge is 0.390 e. The highest BCUT2D eigenvalue weighted by atomic mass is 16.5. The molecule has 0 aromatic heterocycles. The van der Waals surface area contributed by atoms with Crippen molar-refractivity contribution in [1.82, 2.24) is 5.32 Å². The van der Waals surface area contributed by atoms with Crippen molar-refractivity contribution in [3.8, 4) is 0 Å². The zero-order valence-electron chi connectivity index (χ0n) is 7.78. The van der Waals surface area contributed by atoms with Crippen molar-refractivity contribution >= 4 is 0 Å². The molecule has 0 aromatic rings. The van der Waals surface area contributed by atoms with Gasteiger partial charge in [-0.25, -0.2) is 0 Å². The molecule has 0 amide bonds. The summed E-state index contributed by atoms with van der Waals surface area (Å²) in [4.78, 5) is 0. The number of rotatable bonds is 5. The minimum Gasteiger partial charge on any atom is -0.390 e. The SMILES string of the molecule is NCC(O)CNCC1C=CCCO1. The Balaban J connectivity index is 2.04. The minimum absolute atomic E-state index is 0.152. The maximum absolute atomic E-state index is 9.14. The van der Waals surface area contributed by atoms with Gasteiger partial charge in [-0.2, -0.15) is 0 Å². The Morgan fingerprint density at radius 2 is 2.54 bits per heavy atom. The van der Waals surface area contributed by atoms with E-state index in [-0.39, 0.29) is 6.10 Å². The van der Waals surface area contributed by atoms with Gasteiger partial charge in [-0.3, -0.25) is 0 Å². The molecule has 0 aliphatic carbocycles. The first kappa shape index (κ1) is 10.7. The van der Waals surface area contributed by atoms with Crippen LogP contribution < -0.4 is 11.1 Å². The second-order valence-electron chi connectivity index (χ2n) is 3.17. The van der Waals surface area contributed by atoms with Crippen LogP contribution in [0, 0.1) is 0 Å². The first-order chi connectivity index (χ1) is 6.33. The molecular formula is C9H18N2O2. The monoisotopic (exact) mass is 186 g/mol. The number of aliphatic hydroxyl groups excluding tert-OH is 1. The fraction of sp³-hybridized carbons (Fsp3) is 0.778. The molecule has 0 bridgehead atoms. The number of nitrogens with two attached hydrogens (primary N) is 1. The number of hydrogen-bond donors (Lipinski definition) is 3. The van der Waals surface area contributed by atoms with Crippen LogP contribution in [0.5, 0.6) is 0 Å². The van der Waals surface area contributed by atoms with Crippen molar-refractivity contribution in [2.75, 3.05) is 26.2 Å². The van der Waals surface area contributed by atoms with Crippen molar-refractivity contribution in [3.63, 3.8) is 0 Å². The molecule has 4 nitrogen and oxygen atoms in total. The van der Waals surface area contributed by atoms with Gasteiger partial charge in [0.15, 0.2) is 0 Å². The van der Waals surface area contributed by atoms with Gasteiger partial charge in [0.1, 0.15) is 0 Å². The van der Waals surface area contributed by atoms with E-state index in [0.717, 1.165) is 19.6 Å². The van der Waals surface area contributed by atoms with Gasteiger partial charge in [-0.1, -0.05) is 12.2 Å². The van der Waals surface area contributed by atoms with Crippen molar-refractivity contribution in [1.29, 1.82) is 0 Å². The molecule has 0 spiro atoms. The number of ether oxygens (including phenoxy) is 1. The standard InChI is InChI=1S/C9H18N2O2/c10-5-8(12)6-11-7-9-3-1-2-4-13-9/h1,3,8-9,11-12H,2,4-7,10H2. The van der Waals surface area contributed by atoms with Crippen molar-refractivity contribution < 1.29 is 9.84 Å². The smallest absolute Gasteiger partial charge is 0.0880 e. The summed E-state index contributed by atoms with van der Waals surface area (Å²) >= 11 is 0. The van der Waals surface area contributed by atoms with Gasteiger partial charge in [-0.05, 0) is 6.42 Å². The van der Waals surface area contributed by atoms with Crippen LogP contribution in [0.4, 0.5) is 0 Å². The van der Waals surface area contributed by atoms with Crippen LogP contribution in [-0.4, -0.2) is 43.6 Å². The zero-order valence-corrected chi connectivity index (χ0v) is 7.78. The Morgan fingerprint density at radius 3 is 3.15 bits per heavy atom. The molecular weight excluding hydrogens is 168 g/mol. The Morgan fingerprint density at radius 1 is 1.69 bits per heavy atom. The van der Waals surface area contributed by atoms with E-state index >= 15 is 0 Å². The average molecular weight is 186 g/mol. The number of aliphatic hydroxyl groups is 1. The highest BCUT2D eigenvalue weighted by Crippen LogP contribution is 2.02. The highest BCUT2D eigenvalue weighted by molar-refractivity contribution is 4.94. The molecule has 4 N–H and O–H groups in total. The molecule has 2 unspecified atom stereocenters. The maximum atomic E-state index is 9.14. The van der Waals surface area contributed by atoms with Gasteiger partial charge in [0.05, 0.1) is 18.8 Å². The van der Waals surface area contributed by atoms with Gasteiger partial charge in [0, 0.05) is 19.6 Å². The van der Waals surface area contributed by atoms with E-state index in [4.69, 9.17) is 15.6 Å². The molecule has 0 saturated carbocycles. The Kier molecular flexibility index (Phi) is 5.00. The third-order valence-corrected chi connectivity index (χ3v) is 1.96. The van der Waals surface area contributed by atoms with E-state index in [1.807, 2.05) is 6.08 Å². The molecule has 4 heteroatoms. The average Bonchev–Trinajstić information content (AvgIpc) is 2.19. The fourth-order valence-electron chi connectivity index (χ4n) is 1.19. The minimum atomic E-state index is -0.451. The summed E-state index contributed by atoms with van der Waals surface area (Å²) in [5, 5.41) is 12.2. The van der Waals surface area contributed by atoms with Crippen molar-refractivity contribution in [3.05, 3.63) is 12.2 Å². The molecule has 1 aliphatic heterocycles. The zero-order chi connectivity index (χ0) is 9.52. The van der Waals surface area contributed by atoms with E-state index in [2.05, 4.69) is 11.4 Å². The Labute approximate surface area is 78.8 Å². The second kappa shape index (κ2) is 6.10. The van der Waals surface area contributed by atoms with E-state index in [1.165, 1.54) is 0 Å². The summed E-state index contributed by atoms with van der Waals surface area (Å²) in [6.45, 7) is 2.37. The lowest BCUT2D eigenvalue weighted by Gasteiger charge is -2.18. The molecule has 1 heterocycles. The Bertz CT molecular complexity index is 162. The lowest BCUT2D eigenvalue weighted by molar-refractivity contribution is 0.0764. The summed E-state index contributed by atoms with van der Waals surface area (Å²) < 4.78 is 5.43. The molecule has 76 valence electrons. The second-order valence-corrected chi connectivity index (χ2v) is 3.17. The summed E-state index contributed by atoms with van der Waals surface area (Å²) in [6.07, 6.45) is 4.87. The van der Waals surface area contributed by atoms with E-state index in [9.17, 15) is 0 Å². The third kappa shape index (κ3) is 4.38. The van der Waals surface area contributed by atoms with Gasteiger partial charge >= 0.3 is 0 Å². The lowest BCUT2D eigenvalue weighted by Crippen LogP contribution is -2.37. The predicted octanol–water partition coefficient (Wildman–Crippen LogP) is -0.759. The first-order valence-electron chi connectivity index (χ1n) is 4.70. The molecule has 13 heavy (non-hydrogen) atoms. The molecule has 0 aromatic carbocycles. The van der Waals surface area contributed by atoms with Gasteiger partial charge in [0.25, 0.3) is 0 Å². The highest BCUT2D eigenvalue weighted by Gasteiger charge is 2.08. The maximum Gasteiger partial charge on any atom is 0.0880 e. The van der Waals surface area contributed by atoms with Crippen LogP contribution in [0.15, 0.2) is 12.2 Å². The van der Waals surface area contributed by atoms with Crippen LogP contribution in [0.25, 0.3) is 0 Å². The molecule has 0 saturated heterocycles. The molecule has 1 aliphatic rings. The van der Waals surface area contributed by atoms with Crippen molar-refractivity contribution in [2.45, 2.75) is 18.6 Å². The number of nitrogens with one attached hydrogen (secondary N) is 1. The first-order valence-corrected chi connectivity index (χ1v) is 4.70. The van der Waals surface area contributed by atoms with Crippen LogP contribution in [-0.2, 0) is 4.74 Å². The van der Waals surface area contributed by atoms with Gasteiger partial charge < -0.3 is 20.9 Å². The molecule has 1 rings (SSSR count). The summed E-state index contributed by atoms with van der Waals surface area (Å²) in [7, 11) is 0. The van der Waals surface area contributed by atoms with Crippen LogP contribution in [0.2, 0.25) is 0 Å². The van der Waals surface area contributed by atoms with Crippen molar-refractivity contribution in [2.24, 2.45) is 5.73 Å². The van der Waals surface area contributed by atoms with Gasteiger partial charge in [0.2, 0.25) is 0 Å². The predicted molar refractivity (Wildman–Crippen MR) is 51.4 cm³/mol. The van der Waals surface area contributed by atoms with E-state index in [0.29, 0.717) is 13.1 Å². The summed E-state index contributed by atoms with van der Waals surface area (Å²) in [5.41, 5.74) is 5.26. The topological polar surface area (TPSA) is 67.5 Å². The van der Waals surface area contributed by atoms with E-state index < -0.39 is 6.10 Å². The Hall–Kier alpha value is -0.420. The quantitative estimate of drug-likeness (QED) is 0.494. The molecule has 2 atom stereocenters. The molecule has 0 fully saturated rings. The molecule has 0 radical (unpaired) electrons. The van der Waals surface area contributed by atoms with E-state index in [1.54, 1.807) is 0 Å². The van der Waals surface area contributed by atoms with Crippen LogP contribution in [0.3, 0.4) is 0 Å². The van der Waals surface area contributed by atoms with Crippen LogP contribution in [0.1, 0.15) is 6.42 Å². The van der Waals surface area contributed by atoms with Gasteiger partial charge in [-0.15, -0.1) is 0 Å². The third-order valence-electron chi connectivity index (χ3n) is 1.96. The van der Waals surface area contributed by atoms with Crippen LogP contribution >= 0.6 is 0 Å². The summed E-state index contributed by atoms with van der Waals surface area (Å²) in [6, 6.07) is 0. The summed E-state index contributed by atoms with van der Waals surface area (Å²) in [5.74, 6) is 0.